The van der Waals surface area contributed by atoms with Crippen molar-refractivity contribution in [2.75, 3.05) is 20.2 Å². The number of carbonyl (C=O) groups is 3. The Morgan fingerprint density at radius 1 is 0.860 bits per heavy atom. The molecule has 8 rings (SSSR count). The molecule has 3 aromatic heterocycles. The summed E-state index contributed by atoms with van der Waals surface area (Å²) in [5.74, 6) is -1.63. The summed E-state index contributed by atoms with van der Waals surface area (Å²) in [5, 5.41) is 16.0. The summed E-state index contributed by atoms with van der Waals surface area (Å²) >= 11 is 0. The number of aromatic carboxylic acids is 1. The lowest BCUT2D eigenvalue weighted by Gasteiger charge is -2.69. The van der Waals surface area contributed by atoms with Crippen molar-refractivity contribution in [3.63, 3.8) is 0 Å². The molecule has 4 bridgehead atoms. The number of amides is 1. The number of hydrogen-bond donors (Lipinski definition) is 1. The highest BCUT2D eigenvalue weighted by Crippen LogP contribution is 2.72. The van der Waals surface area contributed by atoms with Crippen molar-refractivity contribution in [3.05, 3.63) is 65.9 Å². The summed E-state index contributed by atoms with van der Waals surface area (Å²) in [7, 11) is 1.76. The average Bonchev–Trinajstić information content (AvgIpc) is 3.42. The van der Waals surface area contributed by atoms with E-state index in [4.69, 9.17) is 24.3 Å². The summed E-state index contributed by atoms with van der Waals surface area (Å²) in [6, 6.07) is 9.17. The number of likely N-dealkylation sites (N-methyl/N-ethyl adjacent to an activating group) is 1. The number of nitrogens with zero attached hydrogens (tertiary/aromatic N) is 5. The van der Waals surface area contributed by atoms with Gasteiger partial charge in [-0.2, -0.15) is 5.10 Å². The number of ether oxygens (including phenoxy) is 3. The zero-order chi connectivity index (χ0) is 41.3. The van der Waals surface area contributed by atoms with E-state index in [0.717, 1.165) is 56.3 Å². The summed E-state index contributed by atoms with van der Waals surface area (Å²) in [4.78, 5) is 49.1. The van der Waals surface area contributed by atoms with Gasteiger partial charge in [-0.25, -0.2) is 19.4 Å². The van der Waals surface area contributed by atoms with Crippen molar-refractivity contribution in [1.29, 1.82) is 0 Å². The molecule has 1 amide bonds. The Morgan fingerprint density at radius 3 is 2.19 bits per heavy atom. The first-order valence-corrected chi connectivity index (χ1v) is 20.0. The lowest BCUT2D eigenvalue weighted by Crippen LogP contribution is -2.64. The predicted octanol–water partition coefficient (Wildman–Crippen LogP) is 9.12. The molecule has 0 spiro atoms. The molecule has 12 heteroatoms. The summed E-state index contributed by atoms with van der Waals surface area (Å²) in [5.41, 5.74) is 2.37. The molecule has 4 fully saturated rings. The first-order valence-electron chi connectivity index (χ1n) is 20.0. The molecule has 2 unspecified atom stereocenters. The number of aromatic nitrogens is 4. The van der Waals surface area contributed by atoms with E-state index < -0.39 is 23.1 Å². The monoisotopic (exact) mass is 779 g/mol. The quantitative estimate of drug-likeness (QED) is 0.155. The number of hydrogen-bond acceptors (Lipinski definition) is 9. The molecule has 1 aromatic carbocycles. The largest absolute Gasteiger partial charge is 0.478 e. The Bertz CT molecular complexity index is 2230. The molecule has 12 nitrogen and oxygen atoms in total. The molecule has 0 radical (unpaired) electrons. The Hall–Kier alpha value is -4.84. The van der Waals surface area contributed by atoms with E-state index in [1.807, 2.05) is 78.9 Å². The van der Waals surface area contributed by atoms with Crippen molar-refractivity contribution in [2.24, 2.45) is 16.2 Å². The van der Waals surface area contributed by atoms with Crippen LogP contribution in [-0.2, 0) is 20.8 Å². The molecular formula is C45H57N5O7. The van der Waals surface area contributed by atoms with E-state index in [9.17, 15) is 19.5 Å². The van der Waals surface area contributed by atoms with Crippen molar-refractivity contribution in [2.45, 2.75) is 124 Å². The molecular weight excluding hydrogens is 723 g/mol. The average molecular weight is 780 g/mol. The number of pyridine rings is 2. The molecule has 0 saturated heterocycles. The Labute approximate surface area is 335 Å². The zero-order valence-corrected chi connectivity index (χ0v) is 35.1. The van der Waals surface area contributed by atoms with Crippen molar-refractivity contribution in [1.82, 2.24) is 24.6 Å². The van der Waals surface area contributed by atoms with Gasteiger partial charge in [0.25, 0.3) is 0 Å². The highest BCUT2D eigenvalue weighted by atomic mass is 16.6. The number of carboxylic acids is 1. The van der Waals surface area contributed by atoms with Gasteiger partial charge in [0.1, 0.15) is 11.2 Å². The minimum Gasteiger partial charge on any atom is -0.478 e. The van der Waals surface area contributed by atoms with Crippen LogP contribution in [0.1, 0.15) is 120 Å². The van der Waals surface area contributed by atoms with E-state index in [1.165, 1.54) is 6.20 Å². The standard InChI is InChI=1S/C45H57N5O7/c1-28-33(31-13-14-35(48-36(31)38(53)56-40(2,3)4)29-11-12-30-18-46-19-34(37(51)52)32(30)17-29)20-47-50(28)27-44-22-42(8)21-43(9,23-44)25-45(24-42,26-44)55-16-15-49(10)39(54)57-41(5,6)7/h11-14,17-20H,15-16,21-27H2,1-10H3,(H,51,52). The summed E-state index contributed by atoms with van der Waals surface area (Å²) in [6.45, 7) is 19.6. The Morgan fingerprint density at radius 2 is 1.54 bits per heavy atom. The van der Waals surface area contributed by atoms with Gasteiger partial charge in [-0.1, -0.05) is 26.0 Å². The van der Waals surface area contributed by atoms with Crippen molar-refractivity contribution >= 4 is 28.8 Å². The van der Waals surface area contributed by atoms with Crippen LogP contribution in [0.4, 0.5) is 4.79 Å². The van der Waals surface area contributed by atoms with Crippen LogP contribution in [-0.4, -0.2) is 84.8 Å². The van der Waals surface area contributed by atoms with Crippen LogP contribution in [0, 0.1) is 23.2 Å². The summed E-state index contributed by atoms with van der Waals surface area (Å²) < 4.78 is 20.4. The van der Waals surface area contributed by atoms with E-state index in [2.05, 4.69) is 23.5 Å². The smallest absolute Gasteiger partial charge is 0.410 e. The second-order valence-corrected chi connectivity index (χ2v) is 19.9. The molecule has 57 heavy (non-hydrogen) atoms. The number of fused-ring (bicyclic) bond motifs is 1. The molecule has 304 valence electrons. The van der Waals surface area contributed by atoms with Gasteiger partial charge in [0.15, 0.2) is 5.69 Å². The molecule has 1 N–H and O–H groups in total. The van der Waals surface area contributed by atoms with Crippen molar-refractivity contribution in [3.8, 4) is 22.4 Å². The molecule has 4 aromatic rings. The van der Waals surface area contributed by atoms with E-state index in [0.29, 0.717) is 40.7 Å². The number of esters is 1. The number of carbonyl (C=O) groups excluding carboxylic acids is 2. The molecule has 4 saturated carbocycles. The van der Waals surface area contributed by atoms with Crippen LogP contribution in [0.2, 0.25) is 0 Å². The lowest BCUT2D eigenvalue weighted by atomic mass is 9.39. The zero-order valence-electron chi connectivity index (χ0n) is 35.1. The van der Waals surface area contributed by atoms with Gasteiger partial charge in [-0.05, 0) is 127 Å². The predicted molar refractivity (Wildman–Crippen MR) is 217 cm³/mol. The van der Waals surface area contributed by atoms with Crippen LogP contribution >= 0.6 is 0 Å². The van der Waals surface area contributed by atoms with Crippen LogP contribution in [0.15, 0.2) is 48.9 Å². The molecule has 3 heterocycles. The highest BCUT2D eigenvalue weighted by molar-refractivity contribution is 6.04. The summed E-state index contributed by atoms with van der Waals surface area (Å²) in [6.07, 6.45) is 10.7. The molecule has 4 aliphatic carbocycles. The minimum atomic E-state index is -1.07. The third-order valence-electron chi connectivity index (χ3n) is 11.8. The van der Waals surface area contributed by atoms with E-state index >= 15 is 0 Å². The minimum absolute atomic E-state index is 0.0418. The van der Waals surface area contributed by atoms with Crippen LogP contribution in [0.25, 0.3) is 33.2 Å². The number of carboxylic acid groups (broad SMARTS) is 1. The van der Waals surface area contributed by atoms with Gasteiger partial charge in [0.2, 0.25) is 0 Å². The fraction of sp³-hybridized carbons (Fsp3) is 0.556. The van der Waals surface area contributed by atoms with Gasteiger partial charge in [0, 0.05) is 60.3 Å². The third kappa shape index (κ3) is 8.29. The van der Waals surface area contributed by atoms with E-state index in [1.54, 1.807) is 24.2 Å². The second-order valence-electron chi connectivity index (χ2n) is 19.9. The van der Waals surface area contributed by atoms with Gasteiger partial charge >= 0.3 is 18.0 Å². The Kier molecular flexibility index (Phi) is 9.86. The fourth-order valence-corrected chi connectivity index (χ4v) is 11.0. The molecule has 2 atom stereocenters. The van der Waals surface area contributed by atoms with Crippen LogP contribution in [0.5, 0.6) is 0 Å². The molecule has 4 aliphatic rings. The normalized spacial score (nSPS) is 25.4. The number of benzene rings is 1. The maximum Gasteiger partial charge on any atom is 0.410 e. The Balaban J connectivity index is 1.18. The lowest BCUT2D eigenvalue weighted by molar-refractivity contribution is -0.248. The first kappa shape index (κ1) is 40.4. The topological polar surface area (TPSA) is 146 Å². The van der Waals surface area contributed by atoms with Crippen molar-refractivity contribution < 1.29 is 33.7 Å². The van der Waals surface area contributed by atoms with E-state index in [-0.39, 0.29) is 39.2 Å². The molecule has 0 aliphatic heterocycles. The fourth-order valence-electron chi connectivity index (χ4n) is 11.0. The van der Waals surface area contributed by atoms with Gasteiger partial charge in [-0.3, -0.25) is 9.67 Å². The van der Waals surface area contributed by atoms with Gasteiger partial charge in [0.05, 0.1) is 29.7 Å². The second kappa shape index (κ2) is 13.9. The maximum absolute atomic E-state index is 13.9. The highest BCUT2D eigenvalue weighted by Gasteiger charge is 2.66. The maximum atomic E-state index is 13.9. The van der Waals surface area contributed by atoms with Gasteiger partial charge in [-0.15, -0.1) is 0 Å². The van der Waals surface area contributed by atoms with Crippen LogP contribution < -0.4 is 0 Å². The SMILES string of the molecule is Cc1c(-c2ccc(-c3ccc4cncc(C(=O)O)c4c3)nc2C(=O)OC(C)(C)C)cnn1CC12CC3(C)CC(C)(C1)CC(OCCN(C)C(=O)OC(C)(C)C)(C3)C2. The number of rotatable bonds is 10. The van der Waals surface area contributed by atoms with Gasteiger partial charge < -0.3 is 24.2 Å². The van der Waals surface area contributed by atoms with Crippen LogP contribution in [0.3, 0.4) is 0 Å². The third-order valence-corrected chi connectivity index (χ3v) is 11.8. The first-order chi connectivity index (χ1) is 26.5.